The van der Waals surface area contributed by atoms with E-state index in [0.717, 1.165) is 0 Å². The lowest BCUT2D eigenvalue weighted by Crippen LogP contribution is -2.42. The van der Waals surface area contributed by atoms with Gasteiger partial charge in [-0.2, -0.15) is 0 Å². The monoisotopic (exact) mass is 172 g/mol. The third kappa shape index (κ3) is 2.17. The van der Waals surface area contributed by atoms with E-state index in [1.807, 2.05) is 7.05 Å². The van der Waals surface area contributed by atoms with Crippen molar-refractivity contribution in [3.63, 3.8) is 0 Å². The minimum absolute atomic E-state index is 0.213. The fraction of sp³-hybridized carbons (Fsp3) is 1.00. The molecule has 0 amide bonds. The summed E-state index contributed by atoms with van der Waals surface area (Å²) in [4.78, 5) is 12.2. The van der Waals surface area contributed by atoms with Crippen LogP contribution in [0.4, 0.5) is 0 Å². The molecule has 0 heterocycles. The topological polar surface area (TPSA) is 46.4 Å². The van der Waals surface area contributed by atoms with Crippen molar-refractivity contribution in [1.29, 1.82) is 0 Å². The summed E-state index contributed by atoms with van der Waals surface area (Å²) < 4.78 is 0. The molecule has 0 N–H and O–H groups in total. The lowest BCUT2D eigenvalue weighted by atomic mass is 9.92. The molecule has 0 bridgehead atoms. The first-order chi connectivity index (χ1) is 5.61. The Morgan fingerprint density at radius 1 is 1.67 bits per heavy atom. The molecule has 4 heteroatoms. The first kappa shape index (κ1) is 9.45. The van der Waals surface area contributed by atoms with Crippen molar-refractivity contribution in [1.82, 2.24) is 4.90 Å². The standard InChI is InChI=1S/C8H16N2O2/c1-7(10(11)12)6-9(2)8-4-3-5-8/h7-8H,3-6H2,1-2H3. The van der Waals surface area contributed by atoms with Crippen LogP contribution in [0, 0.1) is 10.1 Å². The van der Waals surface area contributed by atoms with Crippen LogP contribution in [0.25, 0.3) is 0 Å². The van der Waals surface area contributed by atoms with E-state index in [1.165, 1.54) is 19.3 Å². The molecule has 0 aromatic carbocycles. The molecule has 1 aliphatic rings. The highest BCUT2D eigenvalue weighted by molar-refractivity contribution is 4.78. The smallest absolute Gasteiger partial charge is 0.222 e. The molecule has 0 spiro atoms. The van der Waals surface area contributed by atoms with Crippen LogP contribution in [0.2, 0.25) is 0 Å². The predicted molar refractivity (Wildman–Crippen MR) is 46.7 cm³/mol. The summed E-state index contributed by atoms with van der Waals surface area (Å²) in [5, 5.41) is 10.3. The third-order valence-corrected chi connectivity index (χ3v) is 2.61. The Kier molecular flexibility index (Phi) is 3.03. The van der Waals surface area contributed by atoms with E-state index in [0.29, 0.717) is 12.6 Å². The minimum Gasteiger partial charge on any atom is -0.297 e. The summed E-state index contributed by atoms with van der Waals surface area (Å²) in [5.74, 6) is 0. The Hall–Kier alpha value is -0.640. The molecule has 12 heavy (non-hydrogen) atoms. The third-order valence-electron chi connectivity index (χ3n) is 2.61. The van der Waals surface area contributed by atoms with Gasteiger partial charge in [0.15, 0.2) is 0 Å². The zero-order chi connectivity index (χ0) is 9.14. The molecule has 1 atom stereocenters. The molecule has 4 nitrogen and oxygen atoms in total. The highest BCUT2D eigenvalue weighted by Gasteiger charge is 2.25. The average Bonchev–Trinajstić information content (AvgIpc) is 1.82. The largest absolute Gasteiger partial charge is 0.297 e. The van der Waals surface area contributed by atoms with E-state index >= 15 is 0 Å². The van der Waals surface area contributed by atoms with Crippen molar-refractivity contribution in [2.45, 2.75) is 38.3 Å². The Morgan fingerprint density at radius 2 is 2.25 bits per heavy atom. The molecular weight excluding hydrogens is 156 g/mol. The molecule has 0 aliphatic heterocycles. The van der Waals surface area contributed by atoms with Gasteiger partial charge in [-0.1, -0.05) is 6.42 Å². The summed E-state index contributed by atoms with van der Waals surface area (Å²) in [6, 6.07) is 0.169. The SMILES string of the molecule is CC(CN(C)C1CCC1)[N+](=O)[O-]. The van der Waals surface area contributed by atoms with Crippen molar-refractivity contribution in [2.75, 3.05) is 13.6 Å². The van der Waals surface area contributed by atoms with E-state index in [9.17, 15) is 10.1 Å². The highest BCUT2D eigenvalue weighted by atomic mass is 16.6. The van der Waals surface area contributed by atoms with Crippen molar-refractivity contribution in [3.05, 3.63) is 10.1 Å². The fourth-order valence-electron chi connectivity index (χ4n) is 1.46. The van der Waals surface area contributed by atoms with Crippen LogP contribution >= 0.6 is 0 Å². The van der Waals surface area contributed by atoms with Gasteiger partial charge in [0.1, 0.15) is 0 Å². The zero-order valence-electron chi connectivity index (χ0n) is 7.69. The molecule has 1 saturated carbocycles. The molecular formula is C8H16N2O2. The molecule has 70 valence electrons. The van der Waals surface area contributed by atoms with E-state index in [2.05, 4.69) is 4.90 Å². The molecule has 1 aliphatic carbocycles. The van der Waals surface area contributed by atoms with Crippen LogP contribution in [-0.4, -0.2) is 35.5 Å². The number of rotatable bonds is 4. The maximum Gasteiger partial charge on any atom is 0.222 e. The summed E-state index contributed by atoms with van der Waals surface area (Å²) in [6.07, 6.45) is 3.70. The maximum absolute atomic E-state index is 10.3. The second-order valence-corrected chi connectivity index (χ2v) is 3.66. The van der Waals surface area contributed by atoms with Crippen molar-refractivity contribution in [3.8, 4) is 0 Å². The molecule has 0 radical (unpaired) electrons. The second-order valence-electron chi connectivity index (χ2n) is 3.66. The second kappa shape index (κ2) is 3.85. The summed E-state index contributed by atoms with van der Waals surface area (Å²) in [7, 11) is 1.98. The number of hydrogen-bond acceptors (Lipinski definition) is 3. The van der Waals surface area contributed by atoms with Gasteiger partial charge < -0.3 is 0 Å². The maximum atomic E-state index is 10.3. The lowest BCUT2D eigenvalue weighted by Gasteiger charge is -2.34. The highest BCUT2D eigenvalue weighted by Crippen LogP contribution is 2.23. The van der Waals surface area contributed by atoms with Crippen LogP contribution in [0.5, 0.6) is 0 Å². The lowest BCUT2D eigenvalue weighted by molar-refractivity contribution is -0.518. The van der Waals surface area contributed by atoms with Crippen LogP contribution in [0.1, 0.15) is 26.2 Å². The van der Waals surface area contributed by atoms with E-state index in [-0.39, 0.29) is 4.92 Å². The fourth-order valence-corrected chi connectivity index (χ4v) is 1.46. The van der Waals surface area contributed by atoms with Gasteiger partial charge in [0, 0.05) is 17.9 Å². The number of likely N-dealkylation sites (N-methyl/N-ethyl adjacent to an activating group) is 1. The van der Waals surface area contributed by atoms with Gasteiger partial charge in [0.25, 0.3) is 0 Å². The van der Waals surface area contributed by atoms with Crippen LogP contribution < -0.4 is 0 Å². The average molecular weight is 172 g/mol. The quantitative estimate of drug-likeness (QED) is 0.472. The van der Waals surface area contributed by atoms with Gasteiger partial charge in [0.2, 0.25) is 6.04 Å². The molecule has 0 aromatic rings. The van der Waals surface area contributed by atoms with Crippen LogP contribution in [-0.2, 0) is 0 Å². The Balaban J connectivity index is 2.24. The van der Waals surface area contributed by atoms with Gasteiger partial charge in [-0.05, 0) is 19.9 Å². The van der Waals surface area contributed by atoms with Gasteiger partial charge in [-0.15, -0.1) is 0 Å². The van der Waals surface area contributed by atoms with E-state index in [1.54, 1.807) is 6.92 Å². The molecule has 1 fully saturated rings. The zero-order valence-corrected chi connectivity index (χ0v) is 7.69. The van der Waals surface area contributed by atoms with E-state index < -0.39 is 6.04 Å². The molecule has 0 saturated heterocycles. The normalized spacial score (nSPS) is 20.6. The summed E-state index contributed by atoms with van der Waals surface area (Å²) in [5.41, 5.74) is 0. The van der Waals surface area contributed by atoms with Crippen molar-refractivity contribution >= 4 is 0 Å². The summed E-state index contributed by atoms with van der Waals surface area (Å²) >= 11 is 0. The predicted octanol–water partition coefficient (Wildman–Crippen LogP) is 1.14. The van der Waals surface area contributed by atoms with Crippen LogP contribution in [0.3, 0.4) is 0 Å². The van der Waals surface area contributed by atoms with Gasteiger partial charge in [0.05, 0.1) is 6.54 Å². The Bertz CT molecular complexity index is 168. The number of nitro groups is 1. The first-order valence-electron chi connectivity index (χ1n) is 4.45. The van der Waals surface area contributed by atoms with Crippen molar-refractivity contribution in [2.24, 2.45) is 0 Å². The molecule has 0 aromatic heterocycles. The van der Waals surface area contributed by atoms with Gasteiger partial charge >= 0.3 is 0 Å². The molecule has 1 unspecified atom stereocenters. The molecule has 1 rings (SSSR count). The Morgan fingerprint density at radius 3 is 2.58 bits per heavy atom. The minimum atomic E-state index is -0.435. The Labute approximate surface area is 72.7 Å². The summed E-state index contributed by atoms with van der Waals surface area (Å²) in [6.45, 7) is 2.24. The van der Waals surface area contributed by atoms with E-state index in [4.69, 9.17) is 0 Å². The number of nitrogens with zero attached hydrogens (tertiary/aromatic N) is 2. The number of hydrogen-bond donors (Lipinski definition) is 0. The van der Waals surface area contributed by atoms with Crippen molar-refractivity contribution < 1.29 is 4.92 Å². The van der Waals surface area contributed by atoms with Crippen LogP contribution in [0.15, 0.2) is 0 Å². The van der Waals surface area contributed by atoms with Gasteiger partial charge in [-0.3, -0.25) is 15.0 Å². The van der Waals surface area contributed by atoms with Gasteiger partial charge in [-0.25, -0.2) is 0 Å². The first-order valence-corrected chi connectivity index (χ1v) is 4.45.